The average Bonchev–Trinajstić information content (AvgIpc) is 3.43. The van der Waals surface area contributed by atoms with Gasteiger partial charge in [-0.1, -0.05) is 6.07 Å². The van der Waals surface area contributed by atoms with E-state index in [1.54, 1.807) is 12.3 Å². The van der Waals surface area contributed by atoms with Crippen molar-refractivity contribution in [2.24, 2.45) is 0 Å². The highest BCUT2D eigenvalue weighted by atomic mass is 19.4. The van der Waals surface area contributed by atoms with Crippen molar-refractivity contribution in [2.45, 2.75) is 25.6 Å². The predicted octanol–water partition coefficient (Wildman–Crippen LogP) is 4.73. The molecular formula is C27H27F3N4O4. The summed E-state index contributed by atoms with van der Waals surface area (Å²) in [6.07, 6.45) is -0.648. The van der Waals surface area contributed by atoms with Gasteiger partial charge in [0.2, 0.25) is 5.88 Å². The van der Waals surface area contributed by atoms with Gasteiger partial charge in [-0.25, -0.2) is 4.98 Å². The van der Waals surface area contributed by atoms with Crippen LogP contribution in [0, 0.1) is 6.92 Å². The molecular weight excluding hydrogens is 501 g/mol. The molecule has 0 bridgehead atoms. The fourth-order valence-corrected chi connectivity index (χ4v) is 4.41. The molecule has 4 heterocycles. The molecule has 0 saturated carbocycles. The molecule has 11 heteroatoms. The molecule has 0 aliphatic carbocycles. The highest BCUT2D eigenvalue weighted by Gasteiger charge is 2.31. The molecule has 1 aromatic carbocycles. The van der Waals surface area contributed by atoms with Crippen molar-refractivity contribution in [1.29, 1.82) is 0 Å². The maximum Gasteiger partial charge on any atom is 0.416 e. The molecule has 8 nitrogen and oxygen atoms in total. The maximum atomic E-state index is 13.1. The van der Waals surface area contributed by atoms with E-state index in [4.69, 9.17) is 14.2 Å². The summed E-state index contributed by atoms with van der Waals surface area (Å²) in [5, 5.41) is 2.66. The molecule has 1 atom stereocenters. The van der Waals surface area contributed by atoms with Crippen molar-refractivity contribution in [2.75, 3.05) is 49.7 Å². The van der Waals surface area contributed by atoms with E-state index in [1.165, 1.54) is 18.3 Å². The Balaban J connectivity index is 1.42. The lowest BCUT2D eigenvalue weighted by molar-refractivity contribution is -0.137. The molecule has 2 fully saturated rings. The number of nitrogens with zero attached hydrogens (tertiary/aromatic N) is 3. The number of morpholine rings is 1. The Labute approximate surface area is 217 Å². The fourth-order valence-electron chi connectivity index (χ4n) is 4.41. The molecule has 200 valence electrons. The molecule has 0 spiro atoms. The third-order valence-corrected chi connectivity index (χ3v) is 6.46. The van der Waals surface area contributed by atoms with E-state index in [0.717, 1.165) is 35.4 Å². The highest BCUT2D eigenvalue weighted by molar-refractivity contribution is 6.04. The zero-order valence-corrected chi connectivity index (χ0v) is 20.8. The Morgan fingerprint density at radius 3 is 2.63 bits per heavy atom. The van der Waals surface area contributed by atoms with Crippen LogP contribution in [0.1, 0.15) is 28.0 Å². The zero-order valence-electron chi connectivity index (χ0n) is 20.8. The molecule has 38 heavy (non-hydrogen) atoms. The Hall–Kier alpha value is -3.70. The van der Waals surface area contributed by atoms with Crippen LogP contribution in [0.3, 0.4) is 0 Å². The van der Waals surface area contributed by atoms with Crippen LogP contribution in [0.15, 0.2) is 48.8 Å². The summed E-state index contributed by atoms with van der Waals surface area (Å²) in [5.41, 5.74) is 2.39. The van der Waals surface area contributed by atoms with Gasteiger partial charge in [-0.3, -0.25) is 9.78 Å². The molecule has 1 unspecified atom stereocenters. The van der Waals surface area contributed by atoms with Crippen molar-refractivity contribution in [3.63, 3.8) is 0 Å². The van der Waals surface area contributed by atoms with Gasteiger partial charge in [0, 0.05) is 48.1 Å². The molecule has 1 N–H and O–H groups in total. The first-order valence-electron chi connectivity index (χ1n) is 12.3. The molecule has 5 rings (SSSR count). The van der Waals surface area contributed by atoms with Crippen LogP contribution in [0.2, 0.25) is 0 Å². The number of alkyl halides is 3. The van der Waals surface area contributed by atoms with Crippen molar-refractivity contribution in [3.05, 3.63) is 65.6 Å². The number of ether oxygens (including phenoxy) is 3. The van der Waals surface area contributed by atoms with Crippen LogP contribution in [0.4, 0.5) is 24.5 Å². The van der Waals surface area contributed by atoms with Crippen LogP contribution in [-0.4, -0.2) is 61.5 Å². The summed E-state index contributed by atoms with van der Waals surface area (Å²) in [6, 6.07) is 8.00. The van der Waals surface area contributed by atoms with E-state index >= 15 is 0 Å². The van der Waals surface area contributed by atoms with Gasteiger partial charge in [0.05, 0.1) is 43.9 Å². The van der Waals surface area contributed by atoms with Crippen LogP contribution in [-0.2, 0) is 15.7 Å². The minimum absolute atomic E-state index is 0.0640. The Morgan fingerprint density at radius 1 is 1.08 bits per heavy atom. The number of halogens is 3. The molecule has 2 aliphatic heterocycles. The predicted molar refractivity (Wildman–Crippen MR) is 134 cm³/mol. The third kappa shape index (κ3) is 5.89. The number of aryl methyl sites for hydroxylation is 1. The first kappa shape index (κ1) is 25.9. The standard InChI is InChI=1S/C27H27F3N4O4/c1-17-23(13-21(15-31-17)33-25(35)18-3-2-4-20(11-18)27(28,29)30)19-12-24(34-6-9-36-10-7-34)26(32-14-19)38-22-5-8-37-16-22/h2-4,11-15,22H,5-10,16H2,1H3,(H,33,35). The Kier molecular flexibility index (Phi) is 7.48. The Morgan fingerprint density at radius 2 is 1.89 bits per heavy atom. The van der Waals surface area contributed by atoms with Gasteiger partial charge in [-0.15, -0.1) is 0 Å². The summed E-state index contributed by atoms with van der Waals surface area (Å²) >= 11 is 0. The van der Waals surface area contributed by atoms with Crippen LogP contribution in [0.5, 0.6) is 5.88 Å². The number of carbonyl (C=O) groups excluding carboxylic acids is 1. The van der Waals surface area contributed by atoms with E-state index < -0.39 is 17.6 Å². The first-order chi connectivity index (χ1) is 18.3. The fraction of sp³-hybridized carbons (Fsp3) is 0.370. The molecule has 2 saturated heterocycles. The molecule has 3 aromatic rings. The molecule has 0 radical (unpaired) electrons. The normalized spacial score (nSPS) is 17.9. The second-order valence-corrected chi connectivity index (χ2v) is 9.14. The van der Waals surface area contributed by atoms with Gasteiger partial charge in [0.1, 0.15) is 11.8 Å². The monoisotopic (exact) mass is 528 g/mol. The number of rotatable bonds is 6. The number of hydrogen-bond donors (Lipinski definition) is 1. The lowest BCUT2D eigenvalue weighted by atomic mass is 10.0. The lowest BCUT2D eigenvalue weighted by Gasteiger charge is -2.30. The van der Waals surface area contributed by atoms with E-state index in [2.05, 4.69) is 20.2 Å². The second-order valence-electron chi connectivity index (χ2n) is 9.14. The van der Waals surface area contributed by atoms with Gasteiger partial charge in [-0.05, 0) is 37.3 Å². The lowest BCUT2D eigenvalue weighted by Crippen LogP contribution is -2.36. The first-order valence-corrected chi connectivity index (χ1v) is 12.3. The summed E-state index contributed by atoms with van der Waals surface area (Å²) in [7, 11) is 0. The summed E-state index contributed by atoms with van der Waals surface area (Å²) in [4.78, 5) is 23.9. The van der Waals surface area contributed by atoms with Gasteiger partial charge >= 0.3 is 6.18 Å². The quantitative estimate of drug-likeness (QED) is 0.495. The number of amides is 1. The molecule has 1 amide bonds. The summed E-state index contributed by atoms with van der Waals surface area (Å²) in [5.74, 6) is -0.145. The number of pyridine rings is 2. The highest BCUT2D eigenvalue weighted by Crippen LogP contribution is 2.35. The summed E-state index contributed by atoms with van der Waals surface area (Å²) in [6.45, 7) is 5.56. The minimum Gasteiger partial charge on any atom is -0.470 e. The van der Waals surface area contributed by atoms with Crippen molar-refractivity contribution >= 4 is 17.3 Å². The van der Waals surface area contributed by atoms with Crippen LogP contribution >= 0.6 is 0 Å². The van der Waals surface area contributed by atoms with Gasteiger partial charge in [0.15, 0.2) is 0 Å². The number of benzene rings is 1. The van der Waals surface area contributed by atoms with Crippen LogP contribution < -0.4 is 15.0 Å². The minimum atomic E-state index is -4.54. The van der Waals surface area contributed by atoms with Crippen LogP contribution in [0.25, 0.3) is 11.1 Å². The largest absolute Gasteiger partial charge is 0.470 e. The summed E-state index contributed by atoms with van der Waals surface area (Å²) < 4.78 is 56.4. The zero-order chi connectivity index (χ0) is 26.7. The molecule has 2 aliphatic rings. The van der Waals surface area contributed by atoms with Gasteiger partial charge in [0.25, 0.3) is 5.91 Å². The number of aromatic nitrogens is 2. The number of hydrogen-bond acceptors (Lipinski definition) is 7. The van der Waals surface area contributed by atoms with E-state index in [1.807, 2.05) is 13.0 Å². The average molecular weight is 529 g/mol. The SMILES string of the molecule is Cc1ncc(NC(=O)c2cccc(C(F)(F)F)c2)cc1-c1cnc(OC2CCOC2)c(N2CCOCC2)c1. The second kappa shape index (κ2) is 11.0. The number of carbonyl (C=O) groups is 1. The maximum absolute atomic E-state index is 13.1. The van der Waals surface area contributed by atoms with E-state index in [0.29, 0.717) is 56.8 Å². The van der Waals surface area contributed by atoms with Crippen molar-refractivity contribution < 1.29 is 32.2 Å². The van der Waals surface area contributed by atoms with Gasteiger partial charge in [-0.2, -0.15) is 13.2 Å². The smallest absolute Gasteiger partial charge is 0.416 e. The topological polar surface area (TPSA) is 85.8 Å². The van der Waals surface area contributed by atoms with E-state index in [-0.39, 0.29) is 11.7 Å². The van der Waals surface area contributed by atoms with Gasteiger partial charge < -0.3 is 24.4 Å². The van der Waals surface area contributed by atoms with E-state index in [9.17, 15) is 18.0 Å². The van der Waals surface area contributed by atoms with Crippen molar-refractivity contribution in [3.8, 4) is 17.0 Å². The van der Waals surface area contributed by atoms with Crippen molar-refractivity contribution in [1.82, 2.24) is 9.97 Å². The Bertz CT molecular complexity index is 1310. The third-order valence-electron chi connectivity index (χ3n) is 6.46. The number of anilines is 2. The molecule has 2 aromatic heterocycles. The number of nitrogens with one attached hydrogen (secondary N) is 1.